The molecule has 0 aliphatic heterocycles. The van der Waals surface area contributed by atoms with Gasteiger partial charge >= 0.3 is 48.4 Å². The van der Waals surface area contributed by atoms with E-state index in [-0.39, 0.29) is 48.4 Å². The van der Waals surface area contributed by atoms with Crippen molar-refractivity contribution in [2.45, 2.75) is 51.4 Å². The van der Waals surface area contributed by atoms with Crippen LogP contribution in [0.4, 0.5) is 0 Å². The van der Waals surface area contributed by atoms with E-state index in [9.17, 15) is 19.8 Å². The van der Waals surface area contributed by atoms with E-state index in [4.69, 9.17) is 0 Å². The predicted molar refractivity (Wildman–Crippen MR) is 98.2 cm³/mol. The second-order valence-corrected chi connectivity index (χ2v) is 6.68. The molecule has 28 heavy (non-hydrogen) atoms. The van der Waals surface area contributed by atoms with Gasteiger partial charge in [-0.1, -0.05) is 88.4 Å². The molecule has 0 radical (unpaired) electrons. The van der Waals surface area contributed by atoms with E-state index in [2.05, 4.69) is 0 Å². The van der Waals surface area contributed by atoms with Gasteiger partial charge in [0.1, 0.15) is 0 Å². The van der Waals surface area contributed by atoms with Crippen molar-refractivity contribution < 1.29 is 68.2 Å². The number of aliphatic carboxylic acids is 2. The Bertz CT molecular complexity index is 660. The summed E-state index contributed by atoms with van der Waals surface area (Å²) in [6.07, 6.45) is 1.08. The van der Waals surface area contributed by atoms with Crippen LogP contribution in [0.5, 0.6) is 0 Å². The smallest absolute Gasteiger partial charge is 0.549 e. The van der Waals surface area contributed by atoms with Crippen molar-refractivity contribution in [1.29, 1.82) is 0 Å². The third-order valence-corrected chi connectivity index (χ3v) is 5.14. The van der Waals surface area contributed by atoms with Crippen molar-refractivity contribution in [3.05, 3.63) is 71.8 Å². The molecule has 2 aromatic rings. The first-order chi connectivity index (χ1) is 12.2. The first-order valence-corrected chi connectivity index (χ1v) is 8.76. The maximum absolute atomic E-state index is 10.9. The van der Waals surface area contributed by atoms with E-state index in [0.717, 1.165) is 11.1 Å². The summed E-state index contributed by atoms with van der Waals surface area (Å²) in [5.74, 6) is -2.03. The minimum Gasteiger partial charge on any atom is -0.549 e. The number of carboxylic acid groups (broad SMARTS) is 2. The molecule has 6 heteroatoms. The molecule has 0 heterocycles. The van der Waals surface area contributed by atoms with Gasteiger partial charge in [-0.15, -0.1) is 0 Å². The molecule has 2 unspecified atom stereocenters. The van der Waals surface area contributed by atoms with E-state index in [0.29, 0.717) is 12.8 Å². The molecule has 0 bridgehead atoms. The number of hydrogen-bond donors (Lipinski definition) is 0. The summed E-state index contributed by atoms with van der Waals surface area (Å²) < 4.78 is 0. The number of carboxylic acids is 2. The summed E-state index contributed by atoms with van der Waals surface area (Å²) in [6, 6.07) is 18.4. The van der Waals surface area contributed by atoms with Crippen LogP contribution in [0.15, 0.2) is 60.7 Å². The van der Waals surface area contributed by atoms with E-state index >= 15 is 0 Å². The predicted octanol–water partition coefficient (Wildman–Crippen LogP) is -3.78. The van der Waals surface area contributed by atoms with Crippen LogP contribution >= 0.6 is 0 Å². The molecule has 2 atom stereocenters. The zero-order valence-electron chi connectivity index (χ0n) is 17.8. The van der Waals surface area contributed by atoms with Crippen molar-refractivity contribution in [2.75, 3.05) is 0 Å². The summed E-state index contributed by atoms with van der Waals surface area (Å²) >= 11 is 0. The van der Waals surface area contributed by atoms with Crippen molar-refractivity contribution in [1.82, 2.24) is 0 Å². The third kappa shape index (κ3) is 7.10. The molecule has 0 aromatic heterocycles. The standard InChI is InChI=1S/2C11H14O2.Li.Na/c2*1-3-11(2,10(12)13)9-7-5-4-6-8-9;;/h2*4-8H,3H2,1-2H3,(H,12,13);;/q;;2*+1/p-2. The molecule has 140 valence electrons. The van der Waals surface area contributed by atoms with Gasteiger partial charge in [0.05, 0.1) is 11.9 Å². The van der Waals surface area contributed by atoms with Crippen LogP contribution < -0.4 is 58.6 Å². The van der Waals surface area contributed by atoms with E-state index in [1.807, 2.05) is 74.5 Å². The topological polar surface area (TPSA) is 80.3 Å². The van der Waals surface area contributed by atoms with Gasteiger partial charge in [-0.3, -0.25) is 0 Å². The van der Waals surface area contributed by atoms with Crippen molar-refractivity contribution in [3.63, 3.8) is 0 Å². The second-order valence-electron chi connectivity index (χ2n) is 6.68. The van der Waals surface area contributed by atoms with Crippen LogP contribution in [0.3, 0.4) is 0 Å². The van der Waals surface area contributed by atoms with Crippen LogP contribution in [0.25, 0.3) is 0 Å². The molecule has 0 spiro atoms. The monoisotopic (exact) mass is 384 g/mol. The number of carbonyl (C=O) groups is 2. The van der Waals surface area contributed by atoms with Gasteiger partial charge in [0, 0.05) is 10.8 Å². The van der Waals surface area contributed by atoms with E-state index in [1.165, 1.54) is 0 Å². The molecule has 0 saturated heterocycles. The first kappa shape index (κ1) is 29.2. The molecule has 0 aliphatic carbocycles. The Kier molecular flexibility index (Phi) is 13.8. The molecule has 2 rings (SSSR count). The molecule has 4 nitrogen and oxygen atoms in total. The Balaban J connectivity index is 0. The normalized spacial score (nSPS) is 13.9. The number of carbonyl (C=O) groups excluding carboxylic acids is 2. The van der Waals surface area contributed by atoms with Crippen LogP contribution in [-0.2, 0) is 20.4 Å². The van der Waals surface area contributed by atoms with Gasteiger partial charge in [0.15, 0.2) is 0 Å². The molecular formula is C22H26LiNaO4. The van der Waals surface area contributed by atoms with Gasteiger partial charge in [0.25, 0.3) is 0 Å². The third-order valence-electron chi connectivity index (χ3n) is 5.14. The summed E-state index contributed by atoms with van der Waals surface area (Å²) in [4.78, 5) is 21.9. The number of benzene rings is 2. The summed E-state index contributed by atoms with van der Waals surface area (Å²) in [5.41, 5.74) is -0.113. The zero-order valence-corrected chi connectivity index (χ0v) is 19.8. The fraction of sp³-hybridized carbons (Fsp3) is 0.364. The Morgan fingerprint density at radius 2 is 0.964 bits per heavy atom. The fourth-order valence-corrected chi connectivity index (χ4v) is 2.54. The molecular weight excluding hydrogens is 358 g/mol. The Labute approximate surface area is 202 Å². The number of rotatable bonds is 6. The molecule has 0 N–H and O–H groups in total. The summed E-state index contributed by atoms with van der Waals surface area (Å²) in [7, 11) is 0. The van der Waals surface area contributed by atoms with Crippen LogP contribution in [0, 0.1) is 0 Å². The summed E-state index contributed by atoms with van der Waals surface area (Å²) in [5, 5.41) is 21.9. The molecule has 0 aliphatic rings. The quantitative estimate of drug-likeness (QED) is 0.479. The Morgan fingerprint density at radius 3 is 1.14 bits per heavy atom. The minimum atomic E-state index is -1.01. The van der Waals surface area contributed by atoms with Gasteiger partial charge in [-0.25, -0.2) is 0 Å². The maximum Gasteiger partial charge on any atom is 1.00 e. The van der Waals surface area contributed by atoms with Crippen LogP contribution in [0.1, 0.15) is 51.7 Å². The first-order valence-electron chi connectivity index (χ1n) is 8.76. The largest absolute Gasteiger partial charge is 1.00 e. The Morgan fingerprint density at radius 1 is 0.714 bits per heavy atom. The average Bonchev–Trinajstić information content (AvgIpc) is 2.68. The van der Waals surface area contributed by atoms with Crippen molar-refractivity contribution in [2.24, 2.45) is 0 Å². The fourth-order valence-electron chi connectivity index (χ4n) is 2.54. The van der Waals surface area contributed by atoms with Crippen LogP contribution in [0.2, 0.25) is 0 Å². The van der Waals surface area contributed by atoms with Gasteiger partial charge < -0.3 is 19.8 Å². The van der Waals surface area contributed by atoms with Gasteiger partial charge in [-0.2, -0.15) is 0 Å². The van der Waals surface area contributed by atoms with Crippen LogP contribution in [-0.4, -0.2) is 11.9 Å². The molecule has 0 saturated carbocycles. The van der Waals surface area contributed by atoms with Crippen molar-refractivity contribution in [3.8, 4) is 0 Å². The van der Waals surface area contributed by atoms with E-state index < -0.39 is 22.8 Å². The molecule has 0 fully saturated rings. The SMILES string of the molecule is CCC(C)(C(=O)[O-])c1ccccc1.CCC(C)(C(=O)[O-])c1ccccc1.[Li+].[Na+]. The second kappa shape index (κ2) is 13.2. The minimum absolute atomic E-state index is 0. The van der Waals surface area contributed by atoms with Gasteiger partial charge in [-0.05, 0) is 24.0 Å². The van der Waals surface area contributed by atoms with E-state index in [1.54, 1.807) is 13.8 Å². The average molecular weight is 384 g/mol. The van der Waals surface area contributed by atoms with Crippen molar-refractivity contribution >= 4 is 11.9 Å². The Hall–Kier alpha value is -1.02. The summed E-state index contributed by atoms with van der Waals surface area (Å²) in [6.45, 7) is 7.08. The molecule has 2 aromatic carbocycles. The van der Waals surface area contributed by atoms with Gasteiger partial charge in [0.2, 0.25) is 0 Å². The zero-order chi connectivity index (χ0) is 19.8. The maximum atomic E-state index is 10.9. The molecule has 0 amide bonds. The number of hydrogen-bond acceptors (Lipinski definition) is 4.